The van der Waals surface area contributed by atoms with Crippen molar-refractivity contribution in [2.45, 2.75) is 100 Å². The highest BCUT2D eigenvalue weighted by Gasteiger charge is 2.30. The Balaban J connectivity index is 5.26. The van der Waals surface area contributed by atoms with Crippen LogP contribution in [0.15, 0.2) is 11.6 Å². The molecular formula is C23H44O2. The molecule has 0 amide bonds. The van der Waals surface area contributed by atoms with E-state index < -0.39 is 0 Å². The first-order chi connectivity index (χ1) is 11.7. The monoisotopic (exact) mass is 352 g/mol. The van der Waals surface area contributed by atoms with Gasteiger partial charge in [-0.1, -0.05) is 73.5 Å². The van der Waals surface area contributed by atoms with Crippen molar-refractivity contribution < 1.29 is 9.53 Å². The molecule has 0 saturated heterocycles. The van der Waals surface area contributed by atoms with Gasteiger partial charge in [-0.15, -0.1) is 0 Å². The van der Waals surface area contributed by atoms with E-state index in [9.17, 15) is 4.79 Å². The molecule has 2 nitrogen and oxygen atoms in total. The summed E-state index contributed by atoms with van der Waals surface area (Å²) < 4.78 is 5.89. The van der Waals surface area contributed by atoms with Gasteiger partial charge >= 0.3 is 5.97 Å². The number of esters is 1. The second kappa shape index (κ2) is 12.5. The van der Waals surface area contributed by atoms with Crippen LogP contribution in [0, 0.1) is 23.2 Å². The number of hydrogen-bond acceptors (Lipinski definition) is 2. The van der Waals surface area contributed by atoms with Crippen LogP contribution in [-0.4, -0.2) is 12.6 Å². The van der Waals surface area contributed by atoms with Gasteiger partial charge in [0.2, 0.25) is 0 Å². The summed E-state index contributed by atoms with van der Waals surface area (Å²) >= 11 is 0. The fraction of sp³-hybridized carbons (Fsp3) is 0.870. The van der Waals surface area contributed by atoms with Gasteiger partial charge in [0.1, 0.15) is 6.61 Å². The Morgan fingerprint density at radius 3 is 2.08 bits per heavy atom. The molecule has 2 atom stereocenters. The van der Waals surface area contributed by atoms with Crippen LogP contribution in [0.2, 0.25) is 0 Å². The topological polar surface area (TPSA) is 26.3 Å². The zero-order valence-electron chi connectivity index (χ0n) is 18.3. The molecule has 2 unspecified atom stereocenters. The molecule has 0 rings (SSSR count). The summed E-state index contributed by atoms with van der Waals surface area (Å²) in [6, 6.07) is 0. The molecule has 0 N–H and O–H groups in total. The van der Waals surface area contributed by atoms with Crippen molar-refractivity contribution in [3.8, 4) is 0 Å². The van der Waals surface area contributed by atoms with Crippen molar-refractivity contribution in [3.05, 3.63) is 11.6 Å². The van der Waals surface area contributed by atoms with Crippen LogP contribution in [0.4, 0.5) is 0 Å². The van der Waals surface area contributed by atoms with Crippen LogP contribution >= 0.6 is 0 Å². The minimum Gasteiger partial charge on any atom is -0.465 e. The third-order valence-electron chi connectivity index (χ3n) is 5.14. The maximum absolute atomic E-state index is 12.6. The lowest BCUT2D eigenvalue weighted by Crippen LogP contribution is -2.30. The quantitative estimate of drug-likeness (QED) is 0.259. The molecule has 0 aliphatic carbocycles. The van der Waals surface area contributed by atoms with Crippen molar-refractivity contribution in [2.24, 2.45) is 23.2 Å². The van der Waals surface area contributed by atoms with Gasteiger partial charge in [-0.2, -0.15) is 0 Å². The Morgan fingerprint density at radius 1 is 1.04 bits per heavy atom. The lowest BCUT2D eigenvalue weighted by Gasteiger charge is -2.33. The van der Waals surface area contributed by atoms with Gasteiger partial charge in [-0.05, 0) is 50.4 Å². The van der Waals surface area contributed by atoms with E-state index in [1.807, 2.05) is 0 Å². The first kappa shape index (κ1) is 24.2. The van der Waals surface area contributed by atoms with Gasteiger partial charge in [-0.25, -0.2) is 0 Å². The highest BCUT2D eigenvalue weighted by Crippen LogP contribution is 2.35. The van der Waals surface area contributed by atoms with Crippen LogP contribution in [0.3, 0.4) is 0 Å². The molecule has 0 fully saturated rings. The smallest absolute Gasteiger partial charge is 0.308 e. The highest BCUT2D eigenvalue weighted by atomic mass is 16.5. The van der Waals surface area contributed by atoms with Crippen molar-refractivity contribution >= 4 is 5.97 Å². The van der Waals surface area contributed by atoms with Crippen LogP contribution in [0.25, 0.3) is 0 Å². The van der Waals surface area contributed by atoms with Crippen molar-refractivity contribution in [1.29, 1.82) is 0 Å². The number of rotatable bonds is 13. The molecule has 0 aromatic heterocycles. The molecule has 0 spiro atoms. The third kappa shape index (κ3) is 9.47. The van der Waals surface area contributed by atoms with Gasteiger partial charge in [0.15, 0.2) is 0 Å². The molecule has 0 radical (unpaired) electrons. The first-order valence-corrected chi connectivity index (χ1v) is 10.6. The van der Waals surface area contributed by atoms with E-state index in [1.165, 1.54) is 12.0 Å². The van der Waals surface area contributed by atoms with Crippen LogP contribution in [0.5, 0.6) is 0 Å². The number of allylic oxidation sites excluding steroid dienone is 1. The van der Waals surface area contributed by atoms with Gasteiger partial charge in [0, 0.05) is 5.41 Å². The maximum Gasteiger partial charge on any atom is 0.308 e. The Labute approximate surface area is 157 Å². The Morgan fingerprint density at radius 2 is 1.68 bits per heavy atom. The summed E-state index contributed by atoms with van der Waals surface area (Å²) in [6.07, 6.45) is 9.75. The van der Waals surface area contributed by atoms with E-state index in [2.05, 4.69) is 61.5 Å². The van der Waals surface area contributed by atoms with Crippen LogP contribution in [-0.2, 0) is 9.53 Å². The van der Waals surface area contributed by atoms with Gasteiger partial charge in [0.25, 0.3) is 0 Å². The Hall–Kier alpha value is -0.790. The average molecular weight is 353 g/mol. The SMILES string of the molecule is CCCC(=CC(CC)(COC(=O)C(CC)CC(C)C)CC(C)C)CC. The lowest BCUT2D eigenvalue weighted by molar-refractivity contribution is -0.152. The minimum absolute atomic E-state index is 0.000258. The number of ether oxygens (including phenoxy) is 1. The molecule has 0 bridgehead atoms. The Bertz CT molecular complexity index is 395. The summed E-state index contributed by atoms with van der Waals surface area (Å²) in [5, 5.41) is 0. The summed E-state index contributed by atoms with van der Waals surface area (Å²) in [6.45, 7) is 18.2. The van der Waals surface area contributed by atoms with Crippen molar-refractivity contribution in [3.63, 3.8) is 0 Å². The molecule has 0 aliphatic heterocycles. The predicted molar refractivity (Wildman–Crippen MR) is 110 cm³/mol. The summed E-state index contributed by atoms with van der Waals surface area (Å²) in [7, 11) is 0. The number of carbonyl (C=O) groups excluding carboxylic acids is 1. The fourth-order valence-corrected chi connectivity index (χ4v) is 3.76. The van der Waals surface area contributed by atoms with Crippen LogP contribution < -0.4 is 0 Å². The van der Waals surface area contributed by atoms with Gasteiger partial charge < -0.3 is 4.74 Å². The van der Waals surface area contributed by atoms with Crippen molar-refractivity contribution in [1.82, 2.24) is 0 Å². The Kier molecular flexibility index (Phi) is 12.1. The van der Waals surface area contributed by atoms with E-state index >= 15 is 0 Å². The van der Waals surface area contributed by atoms with E-state index in [1.54, 1.807) is 0 Å². The van der Waals surface area contributed by atoms with Gasteiger partial charge in [0.05, 0.1) is 5.92 Å². The second-order valence-corrected chi connectivity index (χ2v) is 8.56. The normalized spacial score (nSPS) is 16.2. The zero-order valence-corrected chi connectivity index (χ0v) is 18.3. The molecule has 2 heteroatoms. The number of carbonyl (C=O) groups is 1. The summed E-state index contributed by atoms with van der Waals surface area (Å²) in [5.41, 5.74) is 1.50. The predicted octanol–water partition coefficient (Wildman–Crippen LogP) is 7.18. The largest absolute Gasteiger partial charge is 0.465 e. The maximum atomic E-state index is 12.6. The highest BCUT2D eigenvalue weighted by molar-refractivity contribution is 5.72. The molecular weight excluding hydrogens is 308 g/mol. The minimum atomic E-state index is -0.0134. The van der Waals surface area contributed by atoms with E-state index in [-0.39, 0.29) is 17.3 Å². The van der Waals surface area contributed by atoms with Crippen LogP contribution in [0.1, 0.15) is 100 Å². The molecule has 0 heterocycles. The standard InChI is InChI=1S/C23H44O2/c1-9-13-20(10-2)16-23(12-4,15-19(7)8)17-25-22(24)21(11-3)14-18(5)6/h16,18-19,21H,9-15,17H2,1-8H3. The zero-order chi connectivity index (χ0) is 19.5. The molecule has 0 saturated carbocycles. The van der Waals surface area contributed by atoms with E-state index in [0.29, 0.717) is 18.4 Å². The summed E-state index contributed by atoms with van der Waals surface area (Å²) in [5.74, 6) is 1.16. The first-order valence-electron chi connectivity index (χ1n) is 10.6. The molecule has 0 aliphatic rings. The lowest BCUT2D eigenvalue weighted by atomic mass is 9.76. The molecule has 0 aromatic carbocycles. The van der Waals surface area contributed by atoms with E-state index in [0.717, 1.165) is 38.5 Å². The molecule has 25 heavy (non-hydrogen) atoms. The molecule has 0 aromatic rings. The number of hydrogen-bond donors (Lipinski definition) is 0. The second-order valence-electron chi connectivity index (χ2n) is 8.56. The summed E-state index contributed by atoms with van der Waals surface area (Å²) in [4.78, 5) is 12.6. The van der Waals surface area contributed by atoms with E-state index in [4.69, 9.17) is 4.74 Å². The fourth-order valence-electron chi connectivity index (χ4n) is 3.76. The molecule has 148 valence electrons. The van der Waals surface area contributed by atoms with Gasteiger partial charge in [-0.3, -0.25) is 4.79 Å². The third-order valence-corrected chi connectivity index (χ3v) is 5.14. The van der Waals surface area contributed by atoms with Crippen molar-refractivity contribution in [2.75, 3.05) is 6.61 Å². The average Bonchev–Trinajstić information content (AvgIpc) is 2.56.